The van der Waals surface area contributed by atoms with E-state index in [0.29, 0.717) is 19.3 Å². The fraction of sp³-hybridized carbons (Fsp3) is 0.467. The largest absolute Gasteiger partial charge is 0.497 e. The lowest BCUT2D eigenvalue weighted by Crippen LogP contribution is -2.44. The molecule has 1 aliphatic heterocycles. The number of rotatable bonds is 4. The van der Waals surface area contributed by atoms with Crippen molar-refractivity contribution in [3.63, 3.8) is 0 Å². The summed E-state index contributed by atoms with van der Waals surface area (Å²) in [5.41, 5.74) is 0.552. The molecule has 1 fully saturated rings. The molecular formula is C15H19NO4. The van der Waals surface area contributed by atoms with Crippen molar-refractivity contribution in [2.24, 2.45) is 5.41 Å². The summed E-state index contributed by atoms with van der Waals surface area (Å²) in [5.74, 6) is 1.04. The molecule has 5 nitrogen and oxygen atoms in total. The summed E-state index contributed by atoms with van der Waals surface area (Å²) in [6, 6.07) is 5.55. The maximum atomic E-state index is 11.6. The van der Waals surface area contributed by atoms with Crippen molar-refractivity contribution >= 4 is 11.8 Å². The minimum atomic E-state index is -0.390. The maximum absolute atomic E-state index is 11.6. The highest BCUT2D eigenvalue weighted by Crippen LogP contribution is 2.37. The van der Waals surface area contributed by atoms with Gasteiger partial charge in [0.05, 0.1) is 14.2 Å². The highest BCUT2D eigenvalue weighted by atomic mass is 16.5. The molecule has 2 amide bonds. The van der Waals surface area contributed by atoms with Gasteiger partial charge in [-0.25, -0.2) is 0 Å². The Morgan fingerprint density at radius 1 is 1.15 bits per heavy atom. The molecule has 20 heavy (non-hydrogen) atoms. The van der Waals surface area contributed by atoms with Crippen molar-refractivity contribution in [1.82, 2.24) is 5.32 Å². The minimum absolute atomic E-state index is 0.217. The fourth-order valence-electron chi connectivity index (χ4n) is 2.69. The van der Waals surface area contributed by atoms with E-state index in [-0.39, 0.29) is 17.2 Å². The van der Waals surface area contributed by atoms with Crippen LogP contribution in [-0.2, 0) is 16.0 Å². The molecule has 0 unspecified atom stereocenters. The van der Waals surface area contributed by atoms with Crippen molar-refractivity contribution in [3.05, 3.63) is 23.8 Å². The Labute approximate surface area is 118 Å². The van der Waals surface area contributed by atoms with Crippen molar-refractivity contribution in [1.29, 1.82) is 0 Å². The number of piperidine rings is 1. The molecular weight excluding hydrogens is 258 g/mol. The maximum Gasteiger partial charge on any atom is 0.227 e. The van der Waals surface area contributed by atoms with Gasteiger partial charge >= 0.3 is 0 Å². The number of hydrogen-bond donors (Lipinski definition) is 1. The van der Waals surface area contributed by atoms with Crippen molar-refractivity contribution < 1.29 is 19.1 Å². The van der Waals surface area contributed by atoms with Gasteiger partial charge in [-0.1, -0.05) is 6.92 Å². The van der Waals surface area contributed by atoms with Gasteiger partial charge < -0.3 is 9.47 Å². The van der Waals surface area contributed by atoms with Crippen LogP contribution in [0, 0.1) is 5.41 Å². The minimum Gasteiger partial charge on any atom is -0.497 e. The number of amides is 2. The summed E-state index contributed by atoms with van der Waals surface area (Å²) in [7, 11) is 3.21. The normalized spacial score (nSPS) is 17.6. The quantitative estimate of drug-likeness (QED) is 0.851. The van der Waals surface area contributed by atoms with E-state index < -0.39 is 0 Å². The van der Waals surface area contributed by atoms with Crippen LogP contribution in [0.4, 0.5) is 0 Å². The van der Waals surface area contributed by atoms with Crippen LogP contribution in [0.2, 0.25) is 0 Å². The van der Waals surface area contributed by atoms with Crippen LogP contribution in [0.5, 0.6) is 11.5 Å². The van der Waals surface area contributed by atoms with Gasteiger partial charge in [-0.3, -0.25) is 14.9 Å². The standard InChI is InChI=1S/C15H19NO4/c1-15(8-13(17)16-14(18)9-15)7-10-6-11(19-2)4-5-12(10)20-3/h4-6H,7-9H2,1-3H3,(H,16,17,18). The number of carbonyl (C=O) groups is 2. The second-order valence-electron chi connectivity index (χ2n) is 5.49. The summed E-state index contributed by atoms with van der Waals surface area (Å²) in [4.78, 5) is 23.1. The molecule has 1 aliphatic rings. The van der Waals surface area contributed by atoms with Gasteiger partial charge in [0.15, 0.2) is 0 Å². The van der Waals surface area contributed by atoms with Gasteiger partial charge in [-0.05, 0) is 35.6 Å². The van der Waals surface area contributed by atoms with Crippen LogP contribution in [0.1, 0.15) is 25.3 Å². The number of methoxy groups -OCH3 is 2. The molecule has 0 radical (unpaired) electrons. The van der Waals surface area contributed by atoms with E-state index in [4.69, 9.17) is 9.47 Å². The first-order valence-electron chi connectivity index (χ1n) is 6.49. The van der Waals surface area contributed by atoms with Crippen molar-refractivity contribution in [2.75, 3.05) is 14.2 Å². The molecule has 2 rings (SSSR count). The summed E-state index contributed by atoms with van der Waals surface area (Å²) >= 11 is 0. The number of benzene rings is 1. The Balaban J connectivity index is 2.27. The molecule has 0 bridgehead atoms. The third-order valence-corrected chi connectivity index (χ3v) is 3.56. The topological polar surface area (TPSA) is 64.6 Å². The summed E-state index contributed by atoms with van der Waals surface area (Å²) < 4.78 is 10.6. The monoisotopic (exact) mass is 277 g/mol. The van der Waals surface area contributed by atoms with Gasteiger partial charge in [-0.2, -0.15) is 0 Å². The molecule has 108 valence electrons. The van der Waals surface area contributed by atoms with Crippen molar-refractivity contribution in [3.8, 4) is 11.5 Å². The fourth-order valence-corrected chi connectivity index (χ4v) is 2.69. The number of imide groups is 1. The highest BCUT2D eigenvalue weighted by molar-refractivity contribution is 5.98. The predicted octanol–water partition coefficient (Wildman–Crippen LogP) is 1.69. The molecule has 1 N–H and O–H groups in total. The Kier molecular flexibility index (Phi) is 3.97. The molecule has 0 aromatic heterocycles. The van der Waals surface area contributed by atoms with Crippen LogP contribution in [0.15, 0.2) is 18.2 Å². The molecule has 1 heterocycles. The van der Waals surface area contributed by atoms with E-state index >= 15 is 0 Å². The first kappa shape index (κ1) is 14.4. The average Bonchev–Trinajstić information content (AvgIpc) is 2.36. The second kappa shape index (κ2) is 5.53. The van der Waals surface area contributed by atoms with E-state index in [0.717, 1.165) is 17.1 Å². The Morgan fingerprint density at radius 2 is 1.80 bits per heavy atom. The van der Waals surface area contributed by atoms with E-state index in [1.54, 1.807) is 14.2 Å². The SMILES string of the molecule is COc1ccc(OC)c(CC2(C)CC(=O)NC(=O)C2)c1. The number of ether oxygens (including phenoxy) is 2. The zero-order valence-corrected chi connectivity index (χ0v) is 12.0. The lowest BCUT2D eigenvalue weighted by atomic mass is 9.75. The number of carbonyl (C=O) groups excluding carboxylic acids is 2. The highest BCUT2D eigenvalue weighted by Gasteiger charge is 2.36. The van der Waals surface area contributed by atoms with E-state index in [1.807, 2.05) is 25.1 Å². The van der Waals surface area contributed by atoms with Gasteiger partial charge in [0.1, 0.15) is 11.5 Å². The zero-order chi connectivity index (χ0) is 14.8. The number of hydrogen-bond acceptors (Lipinski definition) is 4. The molecule has 5 heteroatoms. The first-order valence-corrected chi connectivity index (χ1v) is 6.49. The third-order valence-electron chi connectivity index (χ3n) is 3.56. The van der Waals surface area contributed by atoms with Gasteiger partial charge in [0, 0.05) is 12.8 Å². The summed E-state index contributed by atoms with van der Waals surface area (Å²) in [6.45, 7) is 1.95. The number of nitrogens with one attached hydrogen (secondary N) is 1. The van der Waals surface area contributed by atoms with Crippen LogP contribution in [-0.4, -0.2) is 26.0 Å². The second-order valence-corrected chi connectivity index (χ2v) is 5.49. The summed E-state index contributed by atoms with van der Waals surface area (Å²) in [6.07, 6.45) is 1.25. The van der Waals surface area contributed by atoms with Crippen LogP contribution < -0.4 is 14.8 Å². The molecule has 0 saturated carbocycles. The Hall–Kier alpha value is -2.04. The van der Waals surface area contributed by atoms with Gasteiger partial charge in [-0.15, -0.1) is 0 Å². The van der Waals surface area contributed by atoms with E-state index in [1.165, 1.54) is 0 Å². The first-order chi connectivity index (χ1) is 9.45. The average molecular weight is 277 g/mol. The predicted molar refractivity (Wildman–Crippen MR) is 73.7 cm³/mol. The zero-order valence-electron chi connectivity index (χ0n) is 12.0. The lowest BCUT2D eigenvalue weighted by molar-refractivity contribution is -0.137. The Bertz CT molecular complexity index is 523. The molecule has 1 aromatic rings. The van der Waals surface area contributed by atoms with Crippen LogP contribution >= 0.6 is 0 Å². The van der Waals surface area contributed by atoms with Crippen molar-refractivity contribution in [2.45, 2.75) is 26.2 Å². The summed E-state index contributed by atoms with van der Waals surface area (Å²) in [5, 5.41) is 2.34. The molecule has 1 aromatic carbocycles. The van der Waals surface area contributed by atoms with E-state index in [9.17, 15) is 9.59 Å². The van der Waals surface area contributed by atoms with Gasteiger partial charge in [0.25, 0.3) is 0 Å². The Morgan fingerprint density at radius 3 is 2.35 bits per heavy atom. The van der Waals surface area contributed by atoms with Crippen LogP contribution in [0.3, 0.4) is 0 Å². The molecule has 1 saturated heterocycles. The lowest BCUT2D eigenvalue weighted by Gasteiger charge is -2.32. The van der Waals surface area contributed by atoms with Gasteiger partial charge in [0.2, 0.25) is 11.8 Å². The smallest absolute Gasteiger partial charge is 0.227 e. The van der Waals surface area contributed by atoms with Crippen LogP contribution in [0.25, 0.3) is 0 Å². The molecule has 0 spiro atoms. The molecule has 0 aliphatic carbocycles. The molecule has 0 atom stereocenters. The van der Waals surface area contributed by atoms with E-state index in [2.05, 4.69) is 5.32 Å². The third kappa shape index (κ3) is 3.10.